The summed E-state index contributed by atoms with van der Waals surface area (Å²) in [7, 11) is 1.68. The average Bonchev–Trinajstić information content (AvgIpc) is 2.44. The van der Waals surface area contributed by atoms with Gasteiger partial charge in [-0.15, -0.1) is 0 Å². The van der Waals surface area contributed by atoms with E-state index in [1.165, 1.54) is 23.1 Å². The van der Waals surface area contributed by atoms with Gasteiger partial charge in [0.05, 0.1) is 12.2 Å². The minimum atomic E-state index is -1.04. The molecule has 0 heterocycles. The Morgan fingerprint density at radius 2 is 1.90 bits per heavy atom. The number of benzene rings is 1. The predicted molar refractivity (Wildman–Crippen MR) is 73.4 cm³/mol. The number of carboxylic acids is 1. The van der Waals surface area contributed by atoms with Gasteiger partial charge in [0, 0.05) is 13.6 Å². The highest BCUT2D eigenvalue weighted by molar-refractivity contribution is 5.88. The fourth-order valence-electron chi connectivity index (χ4n) is 1.45. The van der Waals surface area contributed by atoms with Crippen LogP contribution in [0.15, 0.2) is 18.2 Å². The first kappa shape index (κ1) is 15.8. The van der Waals surface area contributed by atoms with Gasteiger partial charge in [0.15, 0.2) is 18.1 Å². The molecule has 0 aliphatic rings. The molecular formula is C14H19NO5. The van der Waals surface area contributed by atoms with Crippen LogP contribution in [-0.2, 0) is 4.79 Å². The number of hydrogen-bond donors (Lipinski definition) is 1. The lowest BCUT2D eigenvalue weighted by Crippen LogP contribution is -2.31. The van der Waals surface area contributed by atoms with Crippen molar-refractivity contribution >= 4 is 11.9 Å². The van der Waals surface area contributed by atoms with Crippen molar-refractivity contribution in [3.8, 4) is 11.5 Å². The molecule has 1 N–H and O–H groups in total. The van der Waals surface area contributed by atoms with Crippen molar-refractivity contribution < 1.29 is 24.2 Å². The Morgan fingerprint density at radius 1 is 1.20 bits per heavy atom. The number of rotatable bonds is 7. The Hall–Kier alpha value is -2.24. The summed E-state index contributed by atoms with van der Waals surface area (Å²) >= 11 is 0. The molecular weight excluding hydrogens is 262 g/mol. The number of hydrogen-bond acceptors (Lipinski definition) is 4. The lowest BCUT2D eigenvalue weighted by Gasteiger charge is -2.16. The second-order valence-electron chi connectivity index (χ2n) is 4.10. The van der Waals surface area contributed by atoms with Gasteiger partial charge in [-0.1, -0.05) is 0 Å². The van der Waals surface area contributed by atoms with Crippen LogP contribution in [0.3, 0.4) is 0 Å². The number of aromatic carboxylic acids is 1. The molecule has 0 aromatic heterocycles. The topological polar surface area (TPSA) is 76.1 Å². The number of carboxylic acid groups (broad SMARTS) is 1. The van der Waals surface area contributed by atoms with E-state index >= 15 is 0 Å². The van der Waals surface area contributed by atoms with E-state index in [1.54, 1.807) is 14.0 Å². The standard InChI is InChI=1S/C14H19NO5/c1-4-15(3)13(16)9-20-11-7-6-10(14(17)18)8-12(11)19-5-2/h6-8H,4-5,9H2,1-3H3,(H,17,18). The largest absolute Gasteiger partial charge is 0.490 e. The number of nitrogens with zero attached hydrogens (tertiary/aromatic N) is 1. The maximum atomic E-state index is 11.7. The maximum absolute atomic E-state index is 11.7. The van der Waals surface area contributed by atoms with Crippen molar-refractivity contribution in [2.24, 2.45) is 0 Å². The molecule has 0 atom stereocenters. The van der Waals surface area contributed by atoms with Crippen LogP contribution in [0.25, 0.3) is 0 Å². The van der Waals surface area contributed by atoms with Crippen molar-refractivity contribution in [2.45, 2.75) is 13.8 Å². The molecule has 0 saturated carbocycles. The quantitative estimate of drug-likeness (QED) is 0.822. The summed E-state index contributed by atoms with van der Waals surface area (Å²) in [6.07, 6.45) is 0. The molecule has 0 saturated heterocycles. The van der Waals surface area contributed by atoms with Gasteiger partial charge in [0.1, 0.15) is 0 Å². The number of likely N-dealkylation sites (N-methyl/N-ethyl adjacent to an activating group) is 1. The summed E-state index contributed by atoms with van der Waals surface area (Å²) < 4.78 is 10.7. The molecule has 1 amide bonds. The monoisotopic (exact) mass is 281 g/mol. The number of amides is 1. The molecule has 6 nitrogen and oxygen atoms in total. The zero-order chi connectivity index (χ0) is 15.1. The normalized spacial score (nSPS) is 9.95. The van der Waals surface area contributed by atoms with Gasteiger partial charge in [0.25, 0.3) is 5.91 Å². The summed E-state index contributed by atoms with van der Waals surface area (Å²) in [5, 5.41) is 8.93. The summed E-state index contributed by atoms with van der Waals surface area (Å²) in [5.41, 5.74) is 0.109. The smallest absolute Gasteiger partial charge is 0.335 e. The molecule has 6 heteroatoms. The minimum Gasteiger partial charge on any atom is -0.490 e. The number of carbonyl (C=O) groups excluding carboxylic acids is 1. The van der Waals surface area contributed by atoms with Crippen LogP contribution in [0.4, 0.5) is 0 Å². The molecule has 0 fully saturated rings. The van der Waals surface area contributed by atoms with Crippen LogP contribution in [0, 0.1) is 0 Å². The minimum absolute atomic E-state index is 0.109. The molecule has 0 unspecified atom stereocenters. The van der Waals surface area contributed by atoms with E-state index in [-0.39, 0.29) is 18.1 Å². The Kier molecular flexibility index (Phi) is 5.83. The first-order chi connectivity index (χ1) is 9.49. The SMILES string of the molecule is CCOc1cc(C(=O)O)ccc1OCC(=O)N(C)CC. The Morgan fingerprint density at radius 3 is 2.45 bits per heavy atom. The third kappa shape index (κ3) is 4.15. The van der Waals surface area contributed by atoms with E-state index in [9.17, 15) is 9.59 Å². The Balaban J connectivity index is 2.83. The van der Waals surface area contributed by atoms with Crippen LogP contribution in [0.1, 0.15) is 24.2 Å². The second-order valence-corrected chi connectivity index (χ2v) is 4.10. The zero-order valence-electron chi connectivity index (χ0n) is 11.9. The van der Waals surface area contributed by atoms with E-state index in [2.05, 4.69) is 0 Å². The van der Waals surface area contributed by atoms with E-state index in [4.69, 9.17) is 14.6 Å². The molecule has 0 aliphatic heterocycles. The van der Waals surface area contributed by atoms with Gasteiger partial charge in [-0.2, -0.15) is 0 Å². The van der Waals surface area contributed by atoms with Gasteiger partial charge in [-0.05, 0) is 32.0 Å². The van der Waals surface area contributed by atoms with Gasteiger partial charge in [0.2, 0.25) is 0 Å². The molecule has 0 bridgehead atoms. The molecule has 110 valence electrons. The molecule has 1 aromatic rings. The maximum Gasteiger partial charge on any atom is 0.335 e. The summed E-state index contributed by atoms with van der Waals surface area (Å²) in [5.74, 6) is -0.523. The first-order valence-corrected chi connectivity index (χ1v) is 6.36. The van der Waals surface area contributed by atoms with Crippen LogP contribution in [0.5, 0.6) is 11.5 Å². The van der Waals surface area contributed by atoms with E-state index < -0.39 is 5.97 Å². The van der Waals surface area contributed by atoms with E-state index in [1.807, 2.05) is 6.92 Å². The highest BCUT2D eigenvalue weighted by Crippen LogP contribution is 2.28. The number of carbonyl (C=O) groups is 2. The van der Waals surface area contributed by atoms with Crippen molar-refractivity contribution in [2.75, 3.05) is 26.8 Å². The van der Waals surface area contributed by atoms with Gasteiger partial charge < -0.3 is 19.5 Å². The number of ether oxygens (including phenoxy) is 2. The second kappa shape index (κ2) is 7.37. The van der Waals surface area contributed by atoms with Crippen LogP contribution in [0.2, 0.25) is 0 Å². The van der Waals surface area contributed by atoms with Gasteiger partial charge >= 0.3 is 5.97 Å². The van der Waals surface area contributed by atoms with Crippen LogP contribution < -0.4 is 9.47 Å². The molecule has 1 rings (SSSR count). The van der Waals surface area contributed by atoms with Crippen molar-refractivity contribution in [1.82, 2.24) is 4.90 Å². The molecule has 20 heavy (non-hydrogen) atoms. The van der Waals surface area contributed by atoms with Gasteiger partial charge in [-0.3, -0.25) is 4.79 Å². The molecule has 0 radical (unpaired) electrons. The van der Waals surface area contributed by atoms with Crippen LogP contribution >= 0.6 is 0 Å². The Bertz CT molecular complexity index is 486. The zero-order valence-corrected chi connectivity index (χ0v) is 11.9. The first-order valence-electron chi connectivity index (χ1n) is 6.36. The van der Waals surface area contributed by atoms with Crippen molar-refractivity contribution in [1.29, 1.82) is 0 Å². The molecule has 0 spiro atoms. The lowest BCUT2D eigenvalue weighted by molar-refractivity contribution is -0.131. The third-order valence-electron chi connectivity index (χ3n) is 2.74. The highest BCUT2D eigenvalue weighted by atomic mass is 16.5. The predicted octanol–water partition coefficient (Wildman–Crippen LogP) is 1.64. The molecule has 0 aliphatic carbocycles. The fourth-order valence-corrected chi connectivity index (χ4v) is 1.45. The summed E-state index contributed by atoms with van der Waals surface area (Å²) in [4.78, 5) is 24.1. The summed E-state index contributed by atoms with van der Waals surface area (Å²) in [6.45, 7) is 4.51. The van der Waals surface area contributed by atoms with Gasteiger partial charge in [-0.25, -0.2) is 4.79 Å². The average molecular weight is 281 g/mol. The molecule has 1 aromatic carbocycles. The third-order valence-corrected chi connectivity index (χ3v) is 2.74. The van der Waals surface area contributed by atoms with Crippen molar-refractivity contribution in [3.63, 3.8) is 0 Å². The lowest BCUT2D eigenvalue weighted by atomic mass is 10.2. The van der Waals surface area contributed by atoms with E-state index in [0.717, 1.165) is 0 Å². The fraction of sp³-hybridized carbons (Fsp3) is 0.429. The Labute approximate surface area is 117 Å². The van der Waals surface area contributed by atoms with E-state index in [0.29, 0.717) is 24.7 Å². The van der Waals surface area contributed by atoms with Crippen molar-refractivity contribution in [3.05, 3.63) is 23.8 Å². The van der Waals surface area contributed by atoms with Crippen LogP contribution in [-0.4, -0.2) is 48.7 Å². The highest BCUT2D eigenvalue weighted by Gasteiger charge is 2.13. The summed E-state index contributed by atoms with van der Waals surface area (Å²) in [6, 6.07) is 4.29.